The number of aromatic nitrogens is 1. The summed E-state index contributed by atoms with van der Waals surface area (Å²) in [7, 11) is 0. The van der Waals surface area contributed by atoms with Crippen LogP contribution in [0.2, 0.25) is 0 Å². The van der Waals surface area contributed by atoms with E-state index < -0.39 is 12.3 Å². The monoisotopic (exact) mass is 207 g/mol. The molecule has 0 amide bonds. The minimum Gasteiger partial charge on any atom is -0.388 e. The van der Waals surface area contributed by atoms with Crippen molar-refractivity contribution in [1.29, 1.82) is 5.26 Å². The molecule has 0 saturated carbocycles. The molecule has 0 aromatic carbocycles. The Morgan fingerprint density at radius 2 is 2.40 bits per heavy atom. The minimum absolute atomic E-state index is 0.128. The molecule has 1 aliphatic heterocycles. The standard InChI is InChI=1S/C10H10FN3O/c11-8-5-14(6-9(8)15)10-3-7(4-12)1-2-13-10/h1-3,8-9,15H,5-6H2/t8-,9-/m0/s1. The summed E-state index contributed by atoms with van der Waals surface area (Å²) in [6.07, 6.45) is -0.693. The van der Waals surface area contributed by atoms with E-state index in [-0.39, 0.29) is 13.1 Å². The normalized spacial score (nSPS) is 25.3. The number of aliphatic hydroxyl groups is 1. The molecule has 2 atom stereocenters. The largest absolute Gasteiger partial charge is 0.388 e. The van der Waals surface area contributed by atoms with Crippen LogP contribution < -0.4 is 4.90 Å². The van der Waals surface area contributed by atoms with Crippen LogP contribution in [0.25, 0.3) is 0 Å². The molecule has 0 radical (unpaired) electrons. The second-order valence-corrected chi connectivity index (χ2v) is 3.50. The molecule has 1 aliphatic rings. The fraction of sp³-hybridized carbons (Fsp3) is 0.400. The highest BCUT2D eigenvalue weighted by atomic mass is 19.1. The van der Waals surface area contributed by atoms with Gasteiger partial charge in [0.05, 0.1) is 18.2 Å². The van der Waals surface area contributed by atoms with E-state index >= 15 is 0 Å². The van der Waals surface area contributed by atoms with Crippen molar-refractivity contribution in [3.8, 4) is 6.07 Å². The highest BCUT2D eigenvalue weighted by molar-refractivity contribution is 5.46. The molecule has 5 heteroatoms. The van der Waals surface area contributed by atoms with Gasteiger partial charge in [-0.1, -0.05) is 0 Å². The summed E-state index contributed by atoms with van der Waals surface area (Å²) in [5, 5.41) is 17.9. The van der Waals surface area contributed by atoms with E-state index in [1.807, 2.05) is 6.07 Å². The number of aliphatic hydroxyl groups excluding tert-OH is 1. The maximum atomic E-state index is 13.1. The van der Waals surface area contributed by atoms with E-state index in [4.69, 9.17) is 5.26 Å². The molecule has 2 heterocycles. The average Bonchev–Trinajstić information content (AvgIpc) is 2.59. The summed E-state index contributed by atoms with van der Waals surface area (Å²) < 4.78 is 13.1. The van der Waals surface area contributed by atoms with Crippen molar-refractivity contribution >= 4 is 5.82 Å². The van der Waals surface area contributed by atoms with Crippen molar-refractivity contribution in [3.05, 3.63) is 23.9 Å². The van der Waals surface area contributed by atoms with Crippen LogP contribution in [0.1, 0.15) is 5.56 Å². The van der Waals surface area contributed by atoms with Gasteiger partial charge in [-0.15, -0.1) is 0 Å². The van der Waals surface area contributed by atoms with Crippen LogP contribution >= 0.6 is 0 Å². The van der Waals surface area contributed by atoms with Gasteiger partial charge in [0.25, 0.3) is 0 Å². The first kappa shape index (κ1) is 9.87. The lowest BCUT2D eigenvalue weighted by Crippen LogP contribution is -2.22. The zero-order valence-corrected chi connectivity index (χ0v) is 7.97. The van der Waals surface area contributed by atoms with Crippen molar-refractivity contribution in [2.75, 3.05) is 18.0 Å². The zero-order valence-electron chi connectivity index (χ0n) is 7.97. The Kier molecular flexibility index (Phi) is 2.52. The molecule has 1 fully saturated rings. The number of nitrogens with zero attached hydrogens (tertiary/aromatic N) is 3. The number of β-amino-alcohol motifs (C(OH)–C–C–N with tert-alkyl or cyclic N) is 1. The van der Waals surface area contributed by atoms with E-state index in [0.29, 0.717) is 11.4 Å². The molecule has 1 aromatic heterocycles. The lowest BCUT2D eigenvalue weighted by atomic mass is 10.3. The summed E-state index contributed by atoms with van der Waals surface area (Å²) >= 11 is 0. The van der Waals surface area contributed by atoms with Gasteiger partial charge < -0.3 is 10.0 Å². The average molecular weight is 207 g/mol. The second-order valence-electron chi connectivity index (χ2n) is 3.50. The predicted octanol–water partition coefficient (Wildman–Crippen LogP) is 0.472. The van der Waals surface area contributed by atoms with Gasteiger partial charge in [-0.25, -0.2) is 9.37 Å². The number of nitriles is 1. The smallest absolute Gasteiger partial charge is 0.145 e. The SMILES string of the molecule is N#Cc1ccnc(N2C[C@H](O)[C@@H](F)C2)c1. The Morgan fingerprint density at radius 1 is 1.60 bits per heavy atom. The Labute approximate surface area is 86.6 Å². The third-order valence-electron chi connectivity index (χ3n) is 2.42. The maximum Gasteiger partial charge on any atom is 0.145 e. The first-order valence-corrected chi connectivity index (χ1v) is 4.64. The highest BCUT2D eigenvalue weighted by Gasteiger charge is 2.31. The van der Waals surface area contributed by atoms with Gasteiger partial charge in [-0.05, 0) is 12.1 Å². The van der Waals surface area contributed by atoms with Crippen LogP contribution in [0.3, 0.4) is 0 Å². The molecule has 4 nitrogen and oxygen atoms in total. The number of alkyl halides is 1. The van der Waals surface area contributed by atoms with Gasteiger partial charge in [0, 0.05) is 12.7 Å². The van der Waals surface area contributed by atoms with Crippen LogP contribution in [-0.2, 0) is 0 Å². The molecule has 0 spiro atoms. The third-order valence-corrected chi connectivity index (χ3v) is 2.42. The summed E-state index contributed by atoms with van der Waals surface area (Å²) in [6.45, 7) is 0.353. The molecule has 1 aromatic rings. The highest BCUT2D eigenvalue weighted by Crippen LogP contribution is 2.20. The topological polar surface area (TPSA) is 60.2 Å². The molecule has 1 N–H and O–H groups in total. The van der Waals surface area contributed by atoms with Gasteiger partial charge in [0.1, 0.15) is 18.1 Å². The fourth-order valence-electron chi connectivity index (χ4n) is 1.59. The molecule has 78 valence electrons. The number of anilines is 1. The summed E-state index contributed by atoms with van der Waals surface area (Å²) in [5.41, 5.74) is 0.483. The van der Waals surface area contributed by atoms with Gasteiger partial charge in [0.15, 0.2) is 0 Å². The van der Waals surface area contributed by atoms with Crippen LogP contribution in [0.4, 0.5) is 10.2 Å². The molecule has 2 rings (SSSR count). The first-order chi connectivity index (χ1) is 7.20. The predicted molar refractivity (Wildman–Crippen MR) is 52.1 cm³/mol. The third kappa shape index (κ3) is 1.90. The molecule has 0 aliphatic carbocycles. The molecular weight excluding hydrogens is 197 g/mol. The fourth-order valence-corrected chi connectivity index (χ4v) is 1.59. The molecule has 15 heavy (non-hydrogen) atoms. The van der Waals surface area contributed by atoms with Crippen molar-refractivity contribution in [3.63, 3.8) is 0 Å². The number of halogens is 1. The molecule has 0 unspecified atom stereocenters. The van der Waals surface area contributed by atoms with Crippen LogP contribution in [-0.4, -0.2) is 35.5 Å². The summed E-state index contributed by atoms with van der Waals surface area (Å²) in [5.74, 6) is 0.535. The van der Waals surface area contributed by atoms with Gasteiger partial charge in [-0.3, -0.25) is 0 Å². The van der Waals surface area contributed by atoms with Gasteiger partial charge >= 0.3 is 0 Å². The van der Waals surface area contributed by atoms with E-state index in [0.717, 1.165) is 0 Å². The Morgan fingerprint density at radius 3 is 3.00 bits per heavy atom. The Hall–Kier alpha value is -1.67. The van der Waals surface area contributed by atoms with Crippen molar-refractivity contribution in [2.45, 2.75) is 12.3 Å². The Bertz CT molecular complexity index is 394. The molecule has 1 saturated heterocycles. The van der Waals surface area contributed by atoms with Crippen molar-refractivity contribution < 1.29 is 9.50 Å². The molecular formula is C10H10FN3O. The van der Waals surface area contributed by atoms with Crippen LogP contribution in [0.15, 0.2) is 18.3 Å². The van der Waals surface area contributed by atoms with Crippen molar-refractivity contribution in [2.24, 2.45) is 0 Å². The van der Waals surface area contributed by atoms with E-state index in [9.17, 15) is 9.50 Å². The minimum atomic E-state index is -1.24. The number of rotatable bonds is 1. The summed E-state index contributed by atoms with van der Waals surface area (Å²) in [6, 6.07) is 5.16. The van der Waals surface area contributed by atoms with E-state index in [1.54, 1.807) is 17.0 Å². The van der Waals surface area contributed by atoms with Gasteiger partial charge in [-0.2, -0.15) is 5.26 Å². The lowest BCUT2D eigenvalue weighted by molar-refractivity contribution is 0.118. The molecule has 0 bridgehead atoms. The first-order valence-electron chi connectivity index (χ1n) is 4.64. The quantitative estimate of drug-likeness (QED) is 0.727. The van der Waals surface area contributed by atoms with Crippen LogP contribution in [0, 0.1) is 11.3 Å². The lowest BCUT2D eigenvalue weighted by Gasteiger charge is -2.15. The number of hydrogen-bond acceptors (Lipinski definition) is 4. The maximum absolute atomic E-state index is 13.1. The van der Waals surface area contributed by atoms with Gasteiger partial charge in [0.2, 0.25) is 0 Å². The second kappa shape index (κ2) is 3.83. The van der Waals surface area contributed by atoms with Crippen molar-refractivity contribution in [1.82, 2.24) is 4.98 Å². The number of hydrogen-bond donors (Lipinski definition) is 1. The zero-order chi connectivity index (χ0) is 10.8. The summed E-state index contributed by atoms with van der Waals surface area (Å²) in [4.78, 5) is 5.67. The van der Waals surface area contributed by atoms with E-state index in [1.165, 1.54) is 6.20 Å². The van der Waals surface area contributed by atoms with Crippen LogP contribution in [0.5, 0.6) is 0 Å². The Balaban J connectivity index is 2.21. The number of pyridine rings is 1. The van der Waals surface area contributed by atoms with E-state index in [2.05, 4.69) is 4.98 Å².